The molecule has 0 atom stereocenters. The average molecular weight is 448 g/mol. The van der Waals surface area contributed by atoms with Crippen molar-refractivity contribution in [3.8, 4) is 33.9 Å². The van der Waals surface area contributed by atoms with E-state index >= 15 is 0 Å². The van der Waals surface area contributed by atoms with E-state index in [0.29, 0.717) is 11.5 Å². The van der Waals surface area contributed by atoms with Crippen molar-refractivity contribution in [2.75, 3.05) is 14.1 Å². The Morgan fingerprint density at radius 1 is 0.794 bits per heavy atom. The molecule has 0 spiro atoms. The molecular weight excluding hydrogens is 426 g/mol. The lowest BCUT2D eigenvalue weighted by atomic mass is 10.1. The fourth-order valence-corrected chi connectivity index (χ4v) is 4.09. The summed E-state index contributed by atoms with van der Waals surface area (Å²) in [7, 11) is 4.08. The minimum Gasteiger partial charge on any atom is -0.335 e. The monoisotopic (exact) mass is 447 g/mol. The normalized spacial score (nSPS) is 11.6. The number of H-pyrrole nitrogens is 2. The first kappa shape index (κ1) is 20.1. The Kier molecular flexibility index (Phi) is 4.81. The van der Waals surface area contributed by atoms with E-state index in [4.69, 9.17) is 9.97 Å². The first-order valence-electron chi connectivity index (χ1n) is 10.8. The highest BCUT2D eigenvalue weighted by atomic mass is 15.2. The number of pyridine rings is 4. The molecule has 9 heteroatoms. The third-order valence-corrected chi connectivity index (χ3v) is 5.61. The summed E-state index contributed by atoms with van der Waals surface area (Å²) in [5.74, 6) is 0.633. The van der Waals surface area contributed by atoms with Gasteiger partial charge < -0.3 is 9.88 Å². The fraction of sp³-hybridized carbons (Fsp3) is 0.120. The summed E-state index contributed by atoms with van der Waals surface area (Å²) < 4.78 is 0. The Morgan fingerprint density at radius 2 is 1.65 bits per heavy atom. The summed E-state index contributed by atoms with van der Waals surface area (Å²) in [5, 5.41) is 7.60. The molecule has 6 rings (SSSR count). The molecule has 166 valence electrons. The standard InChI is InChI=1S/C25H21N9/c1-34(2)14-15-9-17(11-27-10-15)19-3-4-20-23(29-19)24(33-32-20)25-30-21-13-28-12-18(22(21)31-25)16-5-7-26-8-6-16/h3-13H,14H2,1-2H3,(H,30,31)(H,32,33). The van der Waals surface area contributed by atoms with Crippen molar-refractivity contribution in [3.63, 3.8) is 0 Å². The number of hydrogen-bond acceptors (Lipinski definition) is 7. The minimum atomic E-state index is 0.633. The SMILES string of the molecule is CN(C)Cc1cncc(-c2ccc3[nH]nc(-c4nc5c(-c6ccncc6)cncc5[nH]4)c3n2)c1. The molecule has 0 aliphatic heterocycles. The molecule has 0 aromatic carbocycles. The Hall–Kier alpha value is -4.50. The van der Waals surface area contributed by atoms with Crippen molar-refractivity contribution < 1.29 is 0 Å². The Balaban J connectivity index is 1.45. The van der Waals surface area contributed by atoms with Crippen LogP contribution in [0, 0.1) is 0 Å². The van der Waals surface area contributed by atoms with E-state index in [2.05, 4.69) is 41.1 Å². The molecule has 0 radical (unpaired) electrons. The largest absolute Gasteiger partial charge is 0.335 e. The number of fused-ring (bicyclic) bond motifs is 2. The molecule has 0 aliphatic rings. The minimum absolute atomic E-state index is 0.633. The first-order chi connectivity index (χ1) is 16.7. The van der Waals surface area contributed by atoms with Crippen LogP contribution in [-0.4, -0.2) is 59.1 Å². The van der Waals surface area contributed by atoms with Crippen LogP contribution < -0.4 is 0 Å². The highest BCUT2D eigenvalue weighted by Crippen LogP contribution is 2.31. The van der Waals surface area contributed by atoms with Crippen molar-refractivity contribution in [2.45, 2.75) is 6.54 Å². The van der Waals surface area contributed by atoms with Crippen molar-refractivity contribution in [2.24, 2.45) is 0 Å². The van der Waals surface area contributed by atoms with Gasteiger partial charge in [-0.2, -0.15) is 5.10 Å². The highest BCUT2D eigenvalue weighted by Gasteiger charge is 2.17. The smallest absolute Gasteiger partial charge is 0.161 e. The van der Waals surface area contributed by atoms with E-state index in [1.54, 1.807) is 18.6 Å². The van der Waals surface area contributed by atoms with Gasteiger partial charge in [0.05, 0.1) is 28.4 Å². The zero-order valence-corrected chi connectivity index (χ0v) is 18.7. The molecule has 0 saturated heterocycles. The Labute approximate surface area is 195 Å². The third kappa shape index (κ3) is 3.57. The second-order valence-electron chi connectivity index (χ2n) is 8.39. The van der Waals surface area contributed by atoms with Gasteiger partial charge in [0.25, 0.3) is 0 Å². The van der Waals surface area contributed by atoms with Gasteiger partial charge in [0.15, 0.2) is 11.5 Å². The van der Waals surface area contributed by atoms with Gasteiger partial charge in [-0.1, -0.05) is 0 Å². The van der Waals surface area contributed by atoms with Crippen molar-refractivity contribution in [3.05, 3.63) is 73.1 Å². The van der Waals surface area contributed by atoms with E-state index in [0.717, 1.165) is 56.6 Å². The van der Waals surface area contributed by atoms with Crippen LogP contribution in [0.4, 0.5) is 0 Å². The zero-order chi connectivity index (χ0) is 23.1. The van der Waals surface area contributed by atoms with Crippen LogP contribution >= 0.6 is 0 Å². The predicted molar refractivity (Wildman–Crippen MR) is 131 cm³/mol. The lowest BCUT2D eigenvalue weighted by Gasteiger charge is -2.10. The highest BCUT2D eigenvalue weighted by molar-refractivity contribution is 5.95. The molecule has 34 heavy (non-hydrogen) atoms. The van der Waals surface area contributed by atoms with E-state index < -0.39 is 0 Å². The van der Waals surface area contributed by atoms with Crippen LogP contribution in [0.15, 0.2) is 67.5 Å². The van der Waals surface area contributed by atoms with Crippen LogP contribution in [0.5, 0.6) is 0 Å². The zero-order valence-electron chi connectivity index (χ0n) is 18.7. The maximum absolute atomic E-state index is 4.92. The topological polar surface area (TPSA) is 112 Å². The van der Waals surface area contributed by atoms with Crippen molar-refractivity contribution in [1.29, 1.82) is 0 Å². The molecule has 0 amide bonds. The maximum Gasteiger partial charge on any atom is 0.161 e. The second-order valence-corrected chi connectivity index (χ2v) is 8.39. The Bertz CT molecular complexity index is 1620. The van der Waals surface area contributed by atoms with E-state index in [-0.39, 0.29) is 0 Å². The number of aromatic amines is 2. The van der Waals surface area contributed by atoms with Crippen LogP contribution in [0.2, 0.25) is 0 Å². The van der Waals surface area contributed by atoms with Gasteiger partial charge in [-0.15, -0.1) is 0 Å². The number of nitrogens with zero attached hydrogens (tertiary/aromatic N) is 7. The van der Waals surface area contributed by atoms with Crippen LogP contribution in [0.1, 0.15) is 5.56 Å². The van der Waals surface area contributed by atoms with E-state index in [1.807, 2.05) is 57.0 Å². The van der Waals surface area contributed by atoms with Crippen molar-refractivity contribution >= 4 is 22.1 Å². The lowest BCUT2D eigenvalue weighted by Crippen LogP contribution is -2.10. The van der Waals surface area contributed by atoms with Crippen LogP contribution in [-0.2, 0) is 6.54 Å². The van der Waals surface area contributed by atoms with Gasteiger partial charge in [-0.05, 0) is 55.6 Å². The van der Waals surface area contributed by atoms with Gasteiger partial charge >= 0.3 is 0 Å². The van der Waals surface area contributed by atoms with Gasteiger partial charge in [0, 0.05) is 48.7 Å². The number of rotatable bonds is 5. The fourth-order valence-electron chi connectivity index (χ4n) is 4.09. The number of aromatic nitrogens is 8. The summed E-state index contributed by atoms with van der Waals surface area (Å²) in [6, 6.07) is 9.97. The molecule has 0 saturated carbocycles. The van der Waals surface area contributed by atoms with Crippen molar-refractivity contribution in [1.82, 2.24) is 45.0 Å². The quantitative estimate of drug-likeness (QED) is 0.409. The maximum atomic E-state index is 4.92. The molecule has 0 bridgehead atoms. The Morgan fingerprint density at radius 3 is 2.50 bits per heavy atom. The molecular formula is C25H21N9. The number of hydrogen-bond donors (Lipinski definition) is 2. The molecule has 9 nitrogen and oxygen atoms in total. The van der Waals surface area contributed by atoms with Gasteiger partial charge in [0.2, 0.25) is 0 Å². The molecule has 0 aliphatic carbocycles. The molecule has 2 N–H and O–H groups in total. The summed E-state index contributed by atoms with van der Waals surface area (Å²) in [4.78, 5) is 28.2. The summed E-state index contributed by atoms with van der Waals surface area (Å²) in [6.45, 7) is 0.812. The van der Waals surface area contributed by atoms with Crippen LogP contribution in [0.3, 0.4) is 0 Å². The number of nitrogens with one attached hydrogen (secondary N) is 2. The second kappa shape index (κ2) is 8.13. The first-order valence-corrected chi connectivity index (χ1v) is 10.8. The predicted octanol–water partition coefficient (Wildman–Crippen LogP) is 4.08. The molecule has 0 unspecified atom stereocenters. The third-order valence-electron chi connectivity index (χ3n) is 5.61. The van der Waals surface area contributed by atoms with Gasteiger partial charge in [0.1, 0.15) is 5.52 Å². The van der Waals surface area contributed by atoms with Gasteiger partial charge in [-0.25, -0.2) is 9.97 Å². The van der Waals surface area contributed by atoms with E-state index in [9.17, 15) is 0 Å². The van der Waals surface area contributed by atoms with Crippen LogP contribution in [0.25, 0.3) is 56.0 Å². The summed E-state index contributed by atoms with van der Waals surface area (Å²) >= 11 is 0. The molecule has 0 fully saturated rings. The number of imidazole rings is 1. The van der Waals surface area contributed by atoms with Gasteiger partial charge in [-0.3, -0.25) is 20.1 Å². The van der Waals surface area contributed by atoms with E-state index in [1.165, 1.54) is 0 Å². The summed E-state index contributed by atoms with van der Waals surface area (Å²) in [6.07, 6.45) is 10.8. The molecule has 6 heterocycles. The lowest BCUT2D eigenvalue weighted by molar-refractivity contribution is 0.402. The average Bonchev–Trinajstić information content (AvgIpc) is 3.48. The summed E-state index contributed by atoms with van der Waals surface area (Å²) in [5.41, 5.74) is 8.75. The molecule has 6 aromatic heterocycles. The molecule has 6 aromatic rings.